The van der Waals surface area contributed by atoms with Gasteiger partial charge >= 0.3 is 24.4 Å². The number of benzene rings is 4. The van der Waals surface area contributed by atoms with Gasteiger partial charge in [-0.3, -0.25) is 4.79 Å². The molecule has 0 saturated carbocycles. The number of urea groups is 2. The molecule has 5 amide bonds. The standard InChI is InChI=1S/C53H65F6N5O13/c1-32-33(2)46(64-51(67)61-39-11-7-9-37(25-39)53(57,58)59)49(76-43(32)29-73-26-34-12-16-40(69-4)17-13-34)77-48-42(62-50(66)60-38-10-6-8-36(24-38)52(54,55)56)28-75-44(30-74-27-35-14-18-41(70-5)19-15-35)47(48)63-45(65)31-72-23-22-71-21-20-68-3/h6-19,24-25,32-33,42-44,46-49H,20-23,26-31H2,1-5H3,(H,63,65)(H2,60,62,66)(H2,61,64,67)/t32-,33+,42?,43?,44?,46?,47+,48-,49+/m1/s1. The molecule has 5 N–H and O–H groups in total. The summed E-state index contributed by atoms with van der Waals surface area (Å²) in [6.45, 7) is 3.74. The van der Waals surface area contributed by atoms with Crippen molar-refractivity contribution in [3.63, 3.8) is 0 Å². The lowest BCUT2D eigenvalue weighted by atomic mass is 9.82. The molecule has 77 heavy (non-hydrogen) atoms. The Morgan fingerprint density at radius 3 is 1.65 bits per heavy atom. The van der Waals surface area contributed by atoms with Crippen molar-refractivity contribution in [2.45, 2.75) is 82.1 Å². The van der Waals surface area contributed by atoms with E-state index in [-0.39, 0.29) is 70.1 Å². The molecule has 2 saturated heterocycles. The van der Waals surface area contributed by atoms with Crippen molar-refractivity contribution in [3.8, 4) is 11.5 Å². The third-order valence-corrected chi connectivity index (χ3v) is 12.8. The van der Waals surface area contributed by atoms with E-state index in [0.29, 0.717) is 18.1 Å². The maximum atomic E-state index is 13.9. The van der Waals surface area contributed by atoms with Gasteiger partial charge in [0.1, 0.15) is 30.3 Å². The zero-order chi connectivity index (χ0) is 55.5. The van der Waals surface area contributed by atoms with Gasteiger partial charge in [0, 0.05) is 18.5 Å². The van der Waals surface area contributed by atoms with Crippen LogP contribution in [-0.2, 0) is 68.3 Å². The number of alkyl halides is 6. The van der Waals surface area contributed by atoms with Crippen LogP contribution in [0, 0.1) is 11.8 Å². The molecule has 9 atom stereocenters. The molecule has 0 aliphatic carbocycles. The van der Waals surface area contributed by atoms with Crippen molar-refractivity contribution in [3.05, 3.63) is 119 Å². The number of carbonyl (C=O) groups excluding carboxylic acids is 3. The van der Waals surface area contributed by atoms with Gasteiger partial charge in [0.15, 0.2) is 6.29 Å². The predicted molar refractivity (Wildman–Crippen MR) is 267 cm³/mol. The number of anilines is 2. The molecule has 2 heterocycles. The molecule has 18 nitrogen and oxygen atoms in total. The van der Waals surface area contributed by atoms with E-state index < -0.39 is 96.7 Å². The molecule has 4 aromatic rings. The Balaban J connectivity index is 1.33. The number of hydrogen-bond donors (Lipinski definition) is 5. The Morgan fingerprint density at radius 2 is 1.12 bits per heavy atom. The van der Waals surface area contributed by atoms with Gasteiger partial charge in [0.25, 0.3) is 0 Å². The summed E-state index contributed by atoms with van der Waals surface area (Å²) in [5.41, 5.74) is -0.792. The van der Waals surface area contributed by atoms with Crippen LogP contribution in [0.3, 0.4) is 0 Å². The number of methoxy groups -OCH3 is 3. The van der Waals surface area contributed by atoms with Crippen molar-refractivity contribution >= 4 is 29.3 Å². The van der Waals surface area contributed by atoms with Gasteiger partial charge in [-0.15, -0.1) is 0 Å². The second kappa shape index (κ2) is 28.9. The van der Waals surface area contributed by atoms with E-state index in [1.807, 2.05) is 26.0 Å². The lowest BCUT2D eigenvalue weighted by Gasteiger charge is -2.49. The van der Waals surface area contributed by atoms with Crippen molar-refractivity contribution in [2.75, 3.05) is 84.8 Å². The second-order valence-electron chi connectivity index (χ2n) is 18.2. The highest BCUT2D eigenvalue weighted by atomic mass is 19.4. The number of carbonyl (C=O) groups is 3. The fraction of sp³-hybridized carbons (Fsp3) is 0.491. The van der Waals surface area contributed by atoms with Crippen LogP contribution in [0.2, 0.25) is 0 Å². The Morgan fingerprint density at radius 1 is 0.597 bits per heavy atom. The van der Waals surface area contributed by atoms with E-state index in [9.17, 15) is 40.7 Å². The highest BCUT2D eigenvalue weighted by Gasteiger charge is 2.49. The molecule has 4 unspecified atom stereocenters. The highest BCUT2D eigenvalue weighted by molar-refractivity contribution is 5.90. The van der Waals surface area contributed by atoms with Crippen LogP contribution >= 0.6 is 0 Å². The fourth-order valence-corrected chi connectivity index (χ4v) is 8.46. The average molecular weight is 1090 g/mol. The first kappa shape index (κ1) is 60.0. The Labute approximate surface area is 442 Å². The van der Waals surface area contributed by atoms with Crippen LogP contribution < -0.4 is 36.1 Å². The molecule has 422 valence electrons. The molecule has 2 aliphatic rings. The van der Waals surface area contributed by atoms with E-state index in [1.54, 1.807) is 43.5 Å². The van der Waals surface area contributed by atoms with Crippen LogP contribution in [-0.4, -0.2) is 135 Å². The largest absolute Gasteiger partial charge is 0.497 e. The Kier molecular flexibility index (Phi) is 22.5. The first-order chi connectivity index (χ1) is 36.8. The smallest absolute Gasteiger partial charge is 0.416 e. The number of rotatable bonds is 25. The molecule has 2 fully saturated rings. The van der Waals surface area contributed by atoms with Crippen LogP contribution in [0.5, 0.6) is 11.5 Å². The summed E-state index contributed by atoms with van der Waals surface area (Å²) in [6, 6.07) is 16.9. The van der Waals surface area contributed by atoms with E-state index in [4.69, 9.17) is 47.4 Å². The van der Waals surface area contributed by atoms with Crippen molar-refractivity contribution in [1.82, 2.24) is 16.0 Å². The molecule has 6 rings (SSSR count). The van der Waals surface area contributed by atoms with Crippen molar-refractivity contribution in [1.29, 1.82) is 0 Å². The lowest BCUT2D eigenvalue weighted by Crippen LogP contribution is -2.69. The number of halogens is 6. The number of hydrogen-bond acceptors (Lipinski definition) is 13. The van der Waals surface area contributed by atoms with Crippen LogP contribution in [0.4, 0.5) is 47.3 Å². The monoisotopic (exact) mass is 1090 g/mol. The average Bonchev–Trinajstić information content (AvgIpc) is 3.41. The van der Waals surface area contributed by atoms with Gasteiger partial charge in [0.05, 0.1) is 109 Å². The van der Waals surface area contributed by atoms with Crippen LogP contribution in [0.1, 0.15) is 36.1 Å². The molecular formula is C53H65F6N5O13. The van der Waals surface area contributed by atoms with Gasteiger partial charge < -0.3 is 74.0 Å². The summed E-state index contributed by atoms with van der Waals surface area (Å²) in [6.07, 6.45) is -14.0. The van der Waals surface area contributed by atoms with Gasteiger partial charge in [-0.1, -0.05) is 50.2 Å². The minimum Gasteiger partial charge on any atom is -0.497 e. The number of ether oxygens (including phenoxy) is 10. The SMILES string of the molecule is COCCOCCOCC(=O)N[C@H]1C(COCc2ccc(OC)cc2)OCC(NC(=O)Nc2cccc(C(F)(F)F)c2)[C@H]1O[C@@H]1OC(COCc2ccc(OC)cc2)[C@H](C)[C@H](C)C1NC(=O)Nc1cccc(C(F)(F)F)c1. The van der Waals surface area contributed by atoms with Gasteiger partial charge in [-0.2, -0.15) is 26.3 Å². The molecular weight excluding hydrogens is 1030 g/mol. The van der Waals surface area contributed by atoms with Gasteiger partial charge in [-0.05, 0) is 83.6 Å². The van der Waals surface area contributed by atoms with E-state index >= 15 is 0 Å². The minimum atomic E-state index is -4.72. The summed E-state index contributed by atoms with van der Waals surface area (Å²) in [4.78, 5) is 41.6. The zero-order valence-electron chi connectivity index (χ0n) is 43.1. The van der Waals surface area contributed by atoms with Crippen molar-refractivity contribution < 1.29 is 88.1 Å². The zero-order valence-corrected chi connectivity index (χ0v) is 43.1. The maximum absolute atomic E-state index is 13.9. The summed E-state index contributed by atoms with van der Waals surface area (Å²) in [7, 11) is 4.60. The first-order valence-electron chi connectivity index (χ1n) is 24.6. The van der Waals surface area contributed by atoms with Crippen LogP contribution in [0.15, 0.2) is 97.1 Å². The molecule has 0 aromatic heterocycles. The first-order valence-corrected chi connectivity index (χ1v) is 24.6. The second-order valence-corrected chi connectivity index (χ2v) is 18.2. The third-order valence-electron chi connectivity index (χ3n) is 12.8. The maximum Gasteiger partial charge on any atom is 0.416 e. The number of amides is 5. The summed E-state index contributed by atoms with van der Waals surface area (Å²) >= 11 is 0. The predicted octanol–water partition coefficient (Wildman–Crippen LogP) is 7.80. The quantitative estimate of drug-likeness (QED) is 0.0318. The molecule has 0 bridgehead atoms. The normalized spacial score (nSPS) is 22.6. The third kappa shape index (κ3) is 18.4. The highest BCUT2D eigenvalue weighted by Crippen LogP contribution is 2.36. The molecule has 0 spiro atoms. The van der Waals surface area contributed by atoms with E-state index in [0.717, 1.165) is 47.5 Å². The summed E-state index contributed by atoms with van der Waals surface area (Å²) < 4.78 is 141. The van der Waals surface area contributed by atoms with Gasteiger partial charge in [-0.25, -0.2) is 9.59 Å². The van der Waals surface area contributed by atoms with Gasteiger partial charge in [0.2, 0.25) is 5.91 Å². The molecule has 2 aliphatic heterocycles. The molecule has 0 radical (unpaired) electrons. The van der Waals surface area contributed by atoms with E-state index in [1.165, 1.54) is 26.4 Å². The summed E-state index contributed by atoms with van der Waals surface area (Å²) in [5, 5.41) is 13.4. The molecule has 24 heteroatoms. The fourth-order valence-electron chi connectivity index (χ4n) is 8.46. The Hall–Kier alpha value is -6.25. The topological polar surface area (TPSA) is 204 Å². The van der Waals surface area contributed by atoms with E-state index in [2.05, 4.69) is 26.6 Å². The summed E-state index contributed by atoms with van der Waals surface area (Å²) in [5.74, 6) is -0.302. The lowest BCUT2D eigenvalue weighted by molar-refractivity contribution is -0.277. The minimum absolute atomic E-state index is 0.00388. The number of nitrogens with one attached hydrogen (secondary N) is 5. The Bertz CT molecular complexity index is 2480. The van der Waals surface area contributed by atoms with Crippen LogP contribution in [0.25, 0.3) is 0 Å². The van der Waals surface area contributed by atoms with Crippen molar-refractivity contribution in [2.24, 2.45) is 11.8 Å². The molecule has 4 aromatic carbocycles.